The minimum atomic E-state index is -0.553. The molecule has 1 heterocycles. The highest BCUT2D eigenvalue weighted by Crippen LogP contribution is 2.35. The van der Waals surface area contributed by atoms with E-state index in [9.17, 15) is 9.59 Å². The Morgan fingerprint density at radius 1 is 1.14 bits per heavy atom. The molecule has 0 bridgehead atoms. The summed E-state index contributed by atoms with van der Waals surface area (Å²) in [6, 6.07) is 10.3. The van der Waals surface area contributed by atoms with Crippen molar-refractivity contribution in [3.63, 3.8) is 0 Å². The molecule has 8 heteroatoms. The number of benzene rings is 2. The smallest absolute Gasteiger partial charge is 0.363 e. The molecule has 0 aromatic heterocycles. The number of esters is 1. The summed E-state index contributed by atoms with van der Waals surface area (Å²) in [5.41, 5.74) is 2.12. The van der Waals surface area contributed by atoms with Crippen molar-refractivity contribution >= 4 is 45.5 Å². The van der Waals surface area contributed by atoms with Crippen LogP contribution in [-0.2, 0) is 14.3 Å². The van der Waals surface area contributed by atoms with Gasteiger partial charge in [-0.3, -0.25) is 4.79 Å². The summed E-state index contributed by atoms with van der Waals surface area (Å²) in [5, 5.41) is 2.67. The standard InChI is InChI=1S/C20H17BrN2O5/c1-11(24)22-14-6-4-12(5-7-14)19-23-16(20(25)28-19)8-13-9-17(26-2)18(27-3)10-15(13)21/h4-10H,1-3H3,(H,22,24)/b16-8+. The van der Waals surface area contributed by atoms with Crippen LogP contribution in [0, 0.1) is 0 Å². The van der Waals surface area contributed by atoms with Crippen molar-refractivity contribution < 1.29 is 23.8 Å². The summed E-state index contributed by atoms with van der Waals surface area (Å²) < 4.78 is 16.5. The first kappa shape index (κ1) is 19.6. The number of rotatable bonds is 5. The number of cyclic esters (lactones) is 1. The number of ether oxygens (including phenoxy) is 3. The molecule has 1 N–H and O–H groups in total. The zero-order valence-corrected chi connectivity index (χ0v) is 17.0. The Bertz CT molecular complexity index is 996. The van der Waals surface area contributed by atoms with Crippen LogP contribution in [0.25, 0.3) is 6.08 Å². The maximum absolute atomic E-state index is 12.2. The van der Waals surface area contributed by atoms with Gasteiger partial charge < -0.3 is 19.5 Å². The molecule has 0 saturated heterocycles. The third kappa shape index (κ3) is 4.23. The van der Waals surface area contributed by atoms with Gasteiger partial charge in [0.25, 0.3) is 0 Å². The predicted octanol–water partition coefficient (Wildman–Crippen LogP) is 3.77. The number of methoxy groups -OCH3 is 2. The first-order valence-electron chi connectivity index (χ1n) is 8.23. The van der Waals surface area contributed by atoms with E-state index in [1.54, 1.807) is 49.6 Å². The summed E-state index contributed by atoms with van der Waals surface area (Å²) in [6.45, 7) is 1.43. The van der Waals surface area contributed by atoms with Crippen LogP contribution in [0.2, 0.25) is 0 Å². The zero-order valence-electron chi connectivity index (χ0n) is 15.4. The summed E-state index contributed by atoms with van der Waals surface area (Å²) in [7, 11) is 3.08. The van der Waals surface area contributed by atoms with Crippen LogP contribution in [0.4, 0.5) is 5.69 Å². The van der Waals surface area contributed by atoms with E-state index in [2.05, 4.69) is 26.2 Å². The lowest BCUT2D eigenvalue weighted by molar-refractivity contribution is -0.129. The van der Waals surface area contributed by atoms with Gasteiger partial charge in [0.2, 0.25) is 11.8 Å². The lowest BCUT2D eigenvalue weighted by Gasteiger charge is -2.09. The quantitative estimate of drug-likeness (QED) is 0.560. The number of halogens is 1. The summed E-state index contributed by atoms with van der Waals surface area (Å²) >= 11 is 3.45. The fourth-order valence-corrected chi connectivity index (χ4v) is 3.00. The second-order valence-corrected chi connectivity index (χ2v) is 6.68. The van der Waals surface area contributed by atoms with Crippen LogP contribution in [0.1, 0.15) is 18.1 Å². The van der Waals surface area contributed by atoms with Gasteiger partial charge in [-0.15, -0.1) is 0 Å². The molecular weight excluding hydrogens is 428 g/mol. The minimum absolute atomic E-state index is 0.161. The number of hydrogen-bond acceptors (Lipinski definition) is 6. The van der Waals surface area contributed by atoms with Crippen LogP contribution in [0.5, 0.6) is 11.5 Å². The normalized spacial score (nSPS) is 14.5. The molecule has 1 amide bonds. The van der Waals surface area contributed by atoms with Crippen molar-refractivity contribution in [3.05, 3.63) is 57.7 Å². The van der Waals surface area contributed by atoms with E-state index in [1.165, 1.54) is 14.0 Å². The molecule has 0 unspecified atom stereocenters. The van der Waals surface area contributed by atoms with Crippen LogP contribution < -0.4 is 14.8 Å². The number of aliphatic imine (C=N–C) groups is 1. The van der Waals surface area contributed by atoms with Gasteiger partial charge in [-0.1, -0.05) is 15.9 Å². The number of amides is 1. The number of hydrogen-bond donors (Lipinski definition) is 1. The molecule has 1 aliphatic rings. The molecule has 2 aromatic rings. The van der Waals surface area contributed by atoms with Crippen molar-refractivity contribution in [2.45, 2.75) is 6.92 Å². The van der Waals surface area contributed by atoms with E-state index in [-0.39, 0.29) is 17.5 Å². The average Bonchev–Trinajstić information content (AvgIpc) is 3.03. The Hall–Kier alpha value is -3.13. The third-order valence-electron chi connectivity index (χ3n) is 3.87. The molecule has 0 saturated carbocycles. The van der Waals surface area contributed by atoms with E-state index in [1.807, 2.05) is 0 Å². The average molecular weight is 445 g/mol. The van der Waals surface area contributed by atoms with Gasteiger partial charge in [0.1, 0.15) is 0 Å². The lowest BCUT2D eigenvalue weighted by atomic mass is 10.1. The van der Waals surface area contributed by atoms with E-state index >= 15 is 0 Å². The molecule has 0 aliphatic carbocycles. The summed E-state index contributed by atoms with van der Waals surface area (Å²) in [6.07, 6.45) is 1.60. The van der Waals surface area contributed by atoms with Crippen molar-refractivity contribution in [3.8, 4) is 11.5 Å². The largest absolute Gasteiger partial charge is 0.493 e. The molecule has 28 heavy (non-hydrogen) atoms. The van der Waals surface area contributed by atoms with Crippen molar-refractivity contribution in [2.24, 2.45) is 4.99 Å². The number of anilines is 1. The molecule has 7 nitrogen and oxygen atoms in total. The maximum Gasteiger partial charge on any atom is 0.363 e. The second kappa shape index (κ2) is 8.26. The van der Waals surface area contributed by atoms with Crippen molar-refractivity contribution in [2.75, 3.05) is 19.5 Å². The number of nitrogens with one attached hydrogen (secondary N) is 1. The fraction of sp³-hybridized carbons (Fsp3) is 0.150. The number of carbonyl (C=O) groups excluding carboxylic acids is 2. The second-order valence-electron chi connectivity index (χ2n) is 5.82. The predicted molar refractivity (Wildman–Crippen MR) is 109 cm³/mol. The molecule has 0 fully saturated rings. The zero-order chi connectivity index (χ0) is 20.3. The Kier molecular flexibility index (Phi) is 5.79. The van der Waals surface area contributed by atoms with Gasteiger partial charge in [-0.05, 0) is 48.0 Å². The Morgan fingerprint density at radius 3 is 2.39 bits per heavy atom. The molecule has 144 valence electrons. The molecule has 0 atom stereocenters. The van der Waals surface area contributed by atoms with Gasteiger partial charge in [-0.2, -0.15) is 0 Å². The lowest BCUT2D eigenvalue weighted by Crippen LogP contribution is -2.07. The minimum Gasteiger partial charge on any atom is -0.493 e. The van der Waals surface area contributed by atoms with Crippen LogP contribution in [0.15, 0.2) is 51.6 Å². The molecule has 2 aromatic carbocycles. The molecule has 0 spiro atoms. The molecular formula is C20H17BrN2O5. The van der Waals surface area contributed by atoms with Gasteiger partial charge in [-0.25, -0.2) is 9.79 Å². The number of nitrogens with zero attached hydrogens (tertiary/aromatic N) is 1. The highest BCUT2D eigenvalue weighted by atomic mass is 79.9. The molecule has 3 rings (SSSR count). The van der Waals surface area contributed by atoms with Gasteiger partial charge in [0.15, 0.2) is 17.2 Å². The highest BCUT2D eigenvalue weighted by Gasteiger charge is 2.24. The maximum atomic E-state index is 12.2. The van der Waals surface area contributed by atoms with Gasteiger partial charge >= 0.3 is 5.97 Å². The van der Waals surface area contributed by atoms with E-state index in [0.717, 1.165) is 0 Å². The Balaban J connectivity index is 1.90. The van der Waals surface area contributed by atoms with Crippen molar-refractivity contribution in [1.29, 1.82) is 0 Å². The van der Waals surface area contributed by atoms with Crippen molar-refractivity contribution in [1.82, 2.24) is 0 Å². The van der Waals surface area contributed by atoms with Gasteiger partial charge in [0, 0.05) is 22.6 Å². The molecule has 1 aliphatic heterocycles. The van der Waals surface area contributed by atoms with Gasteiger partial charge in [0.05, 0.1) is 14.2 Å². The monoisotopic (exact) mass is 444 g/mol. The number of carbonyl (C=O) groups is 2. The topological polar surface area (TPSA) is 86.2 Å². The van der Waals surface area contributed by atoms with Crippen LogP contribution >= 0.6 is 15.9 Å². The molecule has 0 radical (unpaired) electrons. The third-order valence-corrected chi connectivity index (χ3v) is 4.55. The Morgan fingerprint density at radius 2 is 1.79 bits per heavy atom. The highest BCUT2D eigenvalue weighted by molar-refractivity contribution is 9.10. The first-order chi connectivity index (χ1) is 13.4. The van der Waals surface area contributed by atoms with Crippen LogP contribution in [-0.4, -0.2) is 32.0 Å². The SMILES string of the molecule is COc1cc(Br)c(/C=C2/N=C(c3ccc(NC(C)=O)cc3)OC2=O)cc1OC. The van der Waals surface area contributed by atoms with E-state index in [0.29, 0.717) is 32.8 Å². The van der Waals surface area contributed by atoms with E-state index < -0.39 is 5.97 Å². The first-order valence-corrected chi connectivity index (χ1v) is 9.02. The van der Waals surface area contributed by atoms with Crippen LogP contribution in [0.3, 0.4) is 0 Å². The summed E-state index contributed by atoms with van der Waals surface area (Å²) in [4.78, 5) is 27.6. The summed E-state index contributed by atoms with van der Waals surface area (Å²) in [5.74, 6) is 0.573. The fourth-order valence-electron chi connectivity index (χ4n) is 2.56. The van der Waals surface area contributed by atoms with E-state index in [4.69, 9.17) is 14.2 Å². The Labute approximate surface area is 170 Å².